The summed E-state index contributed by atoms with van der Waals surface area (Å²) in [5, 5.41) is 0. The van der Waals surface area contributed by atoms with Gasteiger partial charge in [-0.15, -0.1) is 0 Å². The SMILES string of the molecule is NC([C]=O)CCC(=O)C[C]=O. The van der Waals surface area contributed by atoms with Gasteiger partial charge in [-0.3, -0.25) is 14.4 Å². The van der Waals surface area contributed by atoms with E-state index in [-0.39, 0.29) is 25.0 Å². The molecular formula is C7H9NO3. The van der Waals surface area contributed by atoms with Crippen LogP contribution in [0.15, 0.2) is 0 Å². The Morgan fingerprint density at radius 1 is 1.45 bits per heavy atom. The zero-order valence-corrected chi connectivity index (χ0v) is 6.00. The number of Topliss-reactive ketones (excluding diaryl/α,β-unsaturated/α-hetero) is 1. The molecule has 0 fully saturated rings. The van der Waals surface area contributed by atoms with Crippen molar-refractivity contribution in [2.24, 2.45) is 5.73 Å². The van der Waals surface area contributed by atoms with Gasteiger partial charge in [0.15, 0.2) is 0 Å². The van der Waals surface area contributed by atoms with Crippen molar-refractivity contribution in [3.63, 3.8) is 0 Å². The van der Waals surface area contributed by atoms with Gasteiger partial charge in [-0.2, -0.15) is 0 Å². The summed E-state index contributed by atoms with van der Waals surface area (Å²) in [6.07, 6.45) is 3.19. The van der Waals surface area contributed by atoms with Gasteiger partial charge in [0.2, 0.25) is 12.6 Å². The molecule has 0 spiro atoms. The van der Waals surface area contributed by atoms with Crippen molar-refractivity contribution in [1.29, 1.82) is 0 Å². The molecule has 11 heavy (non-hydrogen) atoms. The largest absolute Gasteiger partial charge is 0.321 e. The predicted octanol–water partition coefficient (Wildman–Crippen LogP) is -0.728. The summed E-state index contributed by atoms with van der Waals surface area (Å²) in [4.78, 5) is 30.1. The molecule has 0 aromatic rings. The van der Waals surface area contributed by atoms with E-state index in [9.17, 15) is 14.4 Å². The first kappa shape index (κ1) is 9.97. The standard InChI is InChI=1S/C7H9NO3/c8-6(5-10)1-2-7(11)3-4-9/h6H,1-3,8H2. The molecule has 0 aliphatic heterocycles. The second-order valence-electron chi connectivity index (χ2n) is 2.12. The fourth-order valence-corrected chi connectivity index (χ4v) is 0.544. The molecule has 1 atom stereocenters. The van der Waals surface area contributed by atoms with Crippen molar-refractivity contribution in [3.05, 3.63) is 0 Å². The van der Waals surface area contributed by atoms with Crippen LogP contribution in [0.5, 0.6) is 0 Å². The van der Waals surface area contributed by atoms with E-state index in [4.69, 9.17) is 5.73 Å². The van der Waals surface area contributed by atoms with Crippen LogP contribution in [-0.4, -0.2) is 24.4 Å². The summed E-state index contributed by atoms with van der Waals surface area (Å²) in [5.41, 5.74) is 5.14. The summed E-state index contributed by atoms with van der Waals surface area (Å²) >= 11 is 0. The molecular weight excluding hydrogens is 146 g/mol. The van der Waals surface area contributed by atoms with E-state index < -0.39 is 6.04 Å². The molecule has 0 bridgehead atoms. The topological polar surface area (TPSA) is 77.2 Å². The Kier molecular flexibility index (Phi) is 5.20. The molecule has 0 saturated carbocycles. The molecule has 0 aromatic carbocycles. The third-order valence-electron chi connectivity index (χ3n) is 1.15. The smallest absolute Gasteiger partial charge is 0.216 e. The third-order valence-corrected chi connectivity index (χ3v) is 1.15. The van der Waals surface area contributed by atoms with Gasteiger partial charge in [0.1, 0.15) is 5.78 Å². The van der Waals surface area contributed by atoms with Crippen LogP contribution in [0.3, 0.4) is 0 Å². The van der Waals surface area contributed by atoms with Gasteiger partial charge in [0.05, 0.1) is 12.5 Å². The Morgan fingerprint density at radius 2 is 2.09 bits per heavy atom. The molecule has 0 aromatic heterocycles. The molecule has 2 N–H and O–H groups in total. The van der Waals surface area contributed by atoms with Gasteiger partial charge < -0.3 is 5.73 Å². The lowest BCUT2D eigenvalue weighted by Crippen LogP contribution is -2.22. The summed E-state index contributed by atoms with van der Waals surface area (Å²) in [6.45, 7) is 0. The Morgan fingerprint density at radius 3 is 2.55 bits per heavy atom. The number of carbonyl (C=O) groups is 1. The molecule has 4 nitrogen and oxygen atoms in total. The van der Waals surface area contributed by atoms with Gasteiger partial charge in [-0.25, -0.2) is 0 Å². The van der Waals surface area contributed by atoms with Crippen molar-refractivity contribution in [1.82, 2.24) is 0 Å². The van der Waals surface area contributed by atoms with E-state index in [1.807, 2.05) is 0 Å². The molecule has 0 amide bonds. The quantitative estimate of drug-likeness (QED) is 0.513. The molecule has 4 heteroatoms. The fraction of sp³-hybridized carbons (Fsp3) is 0.571. The monoisotopic (exact) mass is 155 g/mol. The Balaban J connectivity index is 3.44. The van der Waals surface area contributed by atoms with Crippen LogP contribution in [0, 0.1) is 0 Å². The first-order chi connectivity index (χ1) is 5.20. The maximum absolute atomic E-state index is 10.6. The van der Waals surface area contributed by atoms with Crippen LogP contribution in [0.1, 0.15) is 19.3 Å². The van der Waals surface area contributed by atoms with E-state index in [2.05, 4.69) is 0 Å². The lowest BCUT2D eigenvalue weighted by Gasteiger charge is -1.98. The highest BCUT2D eigenvalue weighted by Gasteiger charge is 2.05. The molecule has 0 aliphatic carbocycles. The summed E-state index contributed by atoms with van der Waals surface area (Å²) in [5.74, 6) is -0.245. The molecule has 1 unspecified atom stereocenters. The average Bonchev–Trinajstić information content (AvgIpc) is 2.01. The lowest BCUT2D eigenvalue weighted by molar-refractivity contribution is -0.118. The first-order valence-electron chi connectivity index (χ1n) is 3.20. The van der Waals surface area contributed by atoms with Crippen LogP contribution in [-0.2, 0) is 14.4 Å². The van der Waals surface area contributed by atoms with Crippen LogP contribution < -0.4 is 5.73 Å². The van der Waals surface area contributed by atoms with Crippen molar-refractivity contribution in [2.75, 3.05) is 0 Å². The Bertz CT molecular complexity index is 156. The zero-order chi connectivity index (χ0) is 8.69. The zero-order valence-electron chi connectivity index (χ0n) is 6.00. The molecule has 0 heterocycles. The number of carbonyl (C=O) groups excluding carboxylic acids is 3. The molecule has 0 aliphatic rings. The van der Waals surface area contributed by atoms with Gasteiger partial charge in [0, 0.05) is 6.42 Å². The molecule has 2 radical (unpaired) electrons. The molecule has 0 saturated heterocycles. The second-order valence-corrected chi connectivity index (χ2v) is 2.12. The maximum Gasteiger partial charge on any atom is 0.216 e. The van der Waals surface area contributed by atoms with Crippen molar-refractivity contribution in [3.8, 4) is 0 Å². The minimum atomic E-state index is -0.717. The van der Waals surface area contributed by atoms with Crippen LogP contribution in [0.4, 0.5) is 0 Å². The average molecular weight is 155 g/mol. The van der Waals surface area contributed by atoms with Gasteiger partial charge in [-0.05, 0) is 6.42 Å². The van der Waals surface area contributed by atoms with Gasteiger partial charge in [0.25, 0.3) is 0 Å². The minimum Gasteiger partial charge on any atom is -0.321 e. The van der Waals surface area contributed by atoms with Crippen molar-refractivity contribution < 1.29 is 14.4 Å². The summed E-state index contributed by atoms with van der Waals surface area (Å²) < 4.78 is 0. The lowest BCUT2D eigenvalue weighted by atomic mass is 10.1. The predicted molar refractivity (Wildman–Crippen MR) is 38.2 cm³/mol. The van der Waals surface area contributed by atoms with E-state index in [0.717, 1.165) is 0 Å². The van der Waals surface area contributed by atoms with E-state index in [1.54, 1.807) is 0 Å². The van der Waals surface area contributed by atoms with Crippen LogP contribution in [0.25, 0.3) is 0 Å². The fourth-order valence-electron chi connectivity index (χ4n) is 0.544. The van der Waals surface area contributed by atoms with Gasteiger partial charge >= 0.3 is 0 Å². The molecule has 60 valence electrons. The Hall–Kier alpha value is -1.03. The van der Waals surface area contributed by atoms with Crippen LogP contribution in [0.2, 0.25) is 0 Å². The highest BCUT2D eigenvalue weighted by Crippen LogP contribution is 1.95. The normalized spacial score (nSPS) is 12.1. The summed E-state index contributed by atoms with van der Waals surface area (Å²) in [7, 11) is 0. The number of nitrogens with two attached hydrogens (primary N) is 1. The second kappa shape index (κ2) is 5.73. The number of hydrogen-bond donors (Lipinski definition) is 1. The summed E-state index contributed by atoms with van der Waals surface area (Å²) in [6, 6.07) is -0.717. The highest BCUT2D eigenvalue weighted by molar-refractivity contribution is 5.90. The van der Waals surface area contributed by atoms with Crippen molar-refractivity contribution in [2.45, 2.75) is 25.3 Å². The molecule has 0 rings (SSSR count). The van der Waals surface area contributed by atoms with E-state index in [0.29, 0.717) is 0 Å². The van der Waals surface area contributed by atoms with E-state index >= 15 is 0 Å². The number of rotatable bonds is 6. The minimum absolute atomic E-state index is 0.144. The van der Waals surface area contributed by atoms with Gasteiger partial charge in [-0.1, -0.05) is 0 Å². The Labute approximate surface area is 64.8 Å². The van der Waals surface area contributed by atoms with E-state index in [1.165, 1.54) is 12.6 Å². The maximum atomic E-state index is 10.6. The van der Waals surface area contributed by atoms with Crippen LogP contribution >= 0.6 is 0 Å². The number of ketones is 1. The highest BCUT2D eigenvalue weighted by atomic mass is 16.1. The first-order valence-corrected chi connectivity index (χ1v) is 3.20. The van der Waals surface area contributed by atoms with Crippen molar-refractivity contribution >= 4 is 18.4 Å². The third kappa shape index (κ3) is 5.42. The number of hydrogen-bond acceptors (Lipinski definition) is 4.